The summed E-state index contributed by atoms with van der Waals surface area (Å²) in [6.45, 7) is 3.73. The number of carbonyl (C=O) groups is 1. The molecule has 0 bridgehead atoms. The van der Waals surface area contributed by atoms with Gasteiger partial charge in [-0.05, 0) is 44.2 Å². The average molecular weight is 488 g/mol. The number of ether oxygens (including phenoxy) is 2. The summed E-state index contributed by atoms with van der Waals surface area (Å²) in [6, 6.07) is 14.0. The van der Waals surface area contributed by atoms with Gasteiger partial charge in [-0.1, -0.05) is 24.3 Å². The standard InChI is InChI=1S/C25H33N3O5S/c1-26-12-14-28(15-13-26)34(30,31)23-10-5-8-20(17-23)25(29)27(19-22-9-6-16-33-22)18-21-7-3-4-11-24(21)32-2/h3-5,7-8,10-11,17,22H,6,9,12-16,18-19H2,1-2H3. The molecule has 1 amide bonds. The molecule has 0 N–H and O–H groups in total. The van der Waals surface area contributed by atoms with E-state index in [2.05, 4.69) is 4.90 Å². The average Bonchev–Trinajstić information content (AvgIpc) is 3.37. The van der Waals surface area contributed by atoms with Crippen molar-refractivity contribution < 1.29 is 22.7 Å². The Balaban J connectivity index is 1.59. The second kappa shape index (κ2) is 10.9. The smallest absolute Gasteiger partial charge is 0.254 e. The van der Waals surface area contributed by atoms with Gasteiger partial charge in [-0.25, -0.2) is 8.42 Å². The Morgan fingerprint density at radius 1 is 1.12 bits per heavy atom. The van der Waals surface area contributed by atoms with Gasteiger partial charge in [0.1, 0.15) is 5.75 Å². The molecule has 184 valence electrons. The summed E-state index contributed by atoms with van der Waals surface area (Å²) in [7, 11) is -0.0792. The summed E-state index contributed by atoms with van der Waals surface area (Å²) < 4.78 is 39.3. The number of amides is 1. The highest BCUT2D eigenvalue weighted by Gasteiger charge is 2.29. The number of sulfonamides is 1. The highest BCUT2D eigenvalue weighted by Crippen LogP contribution is 2.24. The maximum absolute atomic E-state index is 13.6. The van der Waals surface area contributed by atoms with Crippen molar-refractivity contribution >= 4 is 15.9 Å². The van der Waals surface area contributed by atoms with Crippen molar-refractivity contribution in [1.82, 2.24) is 14.1 Å². The molecular weight excluding hydrogens is 454 g/mol. The zero-order chi connectivity index (χ0) is 24.1. The maximum Gasteiger partial charge on any atom is 0.254 e. The first kappa shape index (κ1) is 24.7. The second-order valence-corrected chi connectivity index (χ2v) is 10.8. The van der Waals surface area contributed by atoms with Crippen molar-refractivity contribution in [2.24, 2.45) is 0 Å². The first-order valence-corrected chi connectivity index (χ1v) is 13.1. The van der Waals surface area contributed by atoms with Crippen molar-refractivity contribution in [2.45, 2.75) is 30.4 Å². The molecule has 2 saturated heterocycles. The predicted molar refractivity (Wildman–Crippen MR) is 129 cm³/mol. The maximum atomic E-state index is 13.6. The number of piperazine rings is 1. The lowest BCUT2D eigenvalue weighted by molar-refractivity contribution is 0.0505. The van der Waals surface area contributed by atoms with Gasteiger partial charge >= 0.3 is 0 Å². The molecule has 2 aliphatic rings. The molecule has 0 radical (unpaired) electrons. The summed E-state index contributed by atoms with van der Waals surface area (Å²) in [6.07, 6.45) is 1.84. The summed E-state index contributed by atoms with van der Waals surface area (Å²) in [5, 5.41) is 0. The van der Waals surface area contributed by atoms with Crippen molar-refractivity contribution in [2.75, 3.05) is 53.5 Å². The third-order valence-electron chi connectivity index (χ3n) is 6.47. The molecule has 2 aromatic carbocycles. The Morgan fingerprint density at radius 3 is 2.59 bits per heavy atom. The molecule has 2 aliphatic heterocycles. The van der Waals surface area contributed by atoms with Crippen LogP contribution in [0.5, 0.6) is 5.75 Å². The topological polar surface area (TPSA) is 79.4 Å². The van der Waals surface area contributed by atoms with Gasteiger partial charge in [0.15, 0.2) is 0 Å². The van der Waals surface area contributed by atoms with Crippen molar-refractivity contribution in [3.8, 4) is 5.75 Å². The monoisotopic (exact) mass is 487 g/mol. The van der Waals surface area contributed by atoms with E-state index in [0.29, 0.717) is 57.2 Å². The number of nitrogens with zero attached hydrogens (tertiary/aromatic N) is 3. The minimum Gasteiger partial charge on any atom is -0.496 e. The summed E-state index contributed by atoms with van der Waals surface area (Å²) in [5.74, 6) is 0.482. The zero-order valence-electron chi connectivity index (χ0n) is 19.9. The number of hydrogen-bond donors (Lipinski definition) is 0. The molecule has 2 heterocycles. The highest BCUT2D eigenvalue weighted by molar-refractivity contribution is 7.89. The van der Waals surface area contributed by atoms with E-state index in [1.165, 1.54) is 10.4 Å². The molecule has 0 aromatic heterocycles. The molecule has 34 heavy (non-hydrogen) atoms. The van der Waals surface area contributed by atoms with E-state index in [-0.39, 0.29) is 16.9 Å². The van der Waals surface area contributed by atoms with Crippen LogP contribution in [0.2, 0.25) is 0 Å². The van der Waals surface area contributed by atoms with Gasteiger partial charge in [-0.2, -0.15) is 4.31 Å². The lowest BCUT2D eigenvalue weighted by Crippen LogP contribution is -2.47. The van der Waals surface area contributed by atoms with E-state index in [9.17, 15) is 13.2 Å². The minimum atomic E-state index is -3.67. The van der Waals surface area contributed by atoms with Crippen LogP contribution in [0.4, 0.5) is 0 Å². The van der Waals surface area contributed by atoms with Crippen molar-refractivity contribution in [3.05, 3.63) is 59.7 Å². The first-order valence-electron chi connectivity index (χ1n) is 11.7. The predicted octanol–water partition coefficient (Wildman–Crippen LogP) is 2.45. The van der Waals surface area contributed by atoms with Crippen molar-refractivity contribution in [1.29, 1.82) is 0 Å². The van der Waals surface area contributed by atoms with Gasteiger partial charge < -0.3 is 19.3 Å². The molecule has 1 unspecified atom stereocenters. The molecule has 2 aromatic rings. The SMILES string of the molecule is COc1ccccc1CN(CC1CCCO1)C(=O)c1cccc(S(=O)(=O)N2CCN(C)CC2)c1. The number of likely N-dealkylation sites (N-methyl/N-ethyl adjacent to an activating group) is 1. The second-order valence-electron chi connectivity index (χ2n) is 8.87. The Bertz CT molecular complexity index is 1090. The van der Waals surface area contributed by atoms with Crippen LogP contribution >= 0.6 is 0 Å². The fraction of sp³-hybridized carbons (Fsp3) is 0.480. The fourth-order valence-electron chi connectivity index (χ4n) is 4.44. The molecule has 9 heteroatoms. The third kappa shape index (κ3) is 5.60. The molecular formula is C25H33N3O5S. The number of benzene rings is 2. The number of para-hydroxylation sites is 1. The molecule has 0 spiro atoms. The van der Waals surface area contributed by atoms with Gasteiger partial charge in [0.25, 0.3) is 5.91 Å². The Hall–Kier alpha value is -2.46. The van der Waals surface area contributed by atoms with Gasteiger partial charge in [0.2, 0.25) is 10.0 Å². The normalized spacial score (nSPS) is 19.8. The fourth-order valence-corrected chi connectivity index (χ4v) is 5.91. The number of methoxy groups -OCH3 is 1. The van der Waals surface area contributed by atoms with Crippen LogP contribution in [-0.2, 0) is 21.3 Å². The zero-order valence-corrected chi connectivity index (χ0v) is 20.7. The molecule has 8 nitrogen and oxygen atoms in total. The molecule has 0 saturated carbocycles. The number of hydrogen-bond acceptors (Lipinski definition) is 6. The van der Waals surface area contributed by atoms with E-state index < -0.39 is 10.0 Å². The Morgan fingerprint density at radius 2 is 1.88 bits per heavy atom. The third-order valence-corrected chi connectivity index (χ3v) is 8.36. The molecule has 2 fully saturated rings. The van der Waals surface area contributed by atoms with Gasteiger partial charge in [-0.15, -0.1) is 0 Å². The largest absolute Gasteiger partial charge is 0.496 e. The number of carbonyl (C=O) groups excluding carboxylic acids is 1. The minimum absolute atomic E-state index is 0.0316. The Labute approximate surface area is 202 Å². The lowest BCUT2D eigenvalue weighted by atomic mass is 10.1. The molecule has 4 rings (SSSR count). The summed E-state index contributed by atoms with van der Waals surface area (Å²) in [5.41, 5.74) is 1.24. The summed E-state index contributed by atoms with van der Waals surface area (Å²) >= 11 is 0. The van der Waals surface area contributed by atoms with E-state index in [1.54, 1.807) is 30.2 Å². The van der Waals surface area contributed by atoms with E-state index in [0.717, 1.165) is 18.4 Å². The van der Waals surface area contributed by atoms with Crippen LogP contribution in [0.15, 0.2) is 53.4 Å². The van der Waals surface area contributed by atoms with Crippen LogP contribution in [0, 0.1) is 0 Å². The Kier molecular flexibility index (Phi) is 7.88. The lowest BCUT2D eigenvalue weighted by Gasteiger charge is -2.31. The van der Waals surface area contributed by atoms with Crippen LogP contribution in [0.1, 0.15) is 28.8 Å². The number of rotatable bonds is 8. The van der Waals surface area contributed by atoms with Gasteiger partial charge in [0.05, 0.1) is 18.1 Å². The summed E-state index contributed by atoms with van der Waals surface area (Å²) in [4.78, 5) is 17.6. The quantitative estimate of drug-likeness (QED) is 0.569. The molecule has 0 aliphatic carbocycles. The van der Waals surface area contributed by atoms with Crippen LogP contribution in [0.25, 0.3) is 0 Å². The van der Waals surface area contributed by atoms with Gasteiger partial charge in [-0.3, -0.25) is 4.79 Å². The van der Waals surface area contributed by atoms with E-state index in [1.807, 2.05) is 31.3 Å². The van der Waals surface area contributed by atoms with Crippen molar-refractivity contribution in [3.63, 3.8) is 0 Å². The molecule has 1 atom stereocenters. The van der Waals surface area contributed by atoms with Crippen LogP contribution < -0.4 is 4.74 Å². The van der Waals surface area contributed by atoms with Crippen LogP contribution in [-0.4, -0.2) is 88.0 Å². The first-order chi connectivity index (χ1) is 16.4. The highest BCUT2D eigenvalue weighted by atomic mass is 32.2. The van der Waals surface area contributed by atoms with Gasteiger partial charge in [0, 0.05) is 57.0 Å². The van der Waals surface area contributed by atoms with Crippen LogP contribution in [0.3, 0.4) is 0 Å². The van der Waals surface area contributed by atoms with E-state index >= 15 is 0 Å². The van der Waals surface area contributed by atoms with E-state index in [4.69, 9.17) is 9.47 Å².